The Morgan fingerprint density at radius 2 is 1.70 bits per heavy atom. The van der Waals surface area contributed by atoms with Gasteiger partial charge < -0.3 is 10.2 Å². The molecule has 150 valence electrons. The maximum Gasteiger partial charge on any atom is 0.258 e. The van der Waals surface area contributed by atoms with Gasteiger partial charge in [0.1, 0.15) is 0 Å². The van der Waals surface area contributed by atoms with Crippen LogP contribution in [0.2, 0.25) is 0 Å². The molecule has 0 bridgehead atoms. The Kier molecular flexibility index (Phi) is 5.59. The molecule has 0 aromatic heterocycles. The molecule has 2 amide bonds. The third-order valence-electron chi connectivity index (χ3n) is 5.11. The van der Waals surface area contributed by atoms with E-state index in [0.717, 1.165) is 28.9 Å². The van der Waals surface area contributed by atoms with Gasteiger partial charge in [0.25, 0.3) is 11.8 Å². The summed E-state index contributed by atoms with van der Waals surface area (Å²) in [4.78, 5) is 26.7. The van der Waals surface area contributed by atoms with Gasteiger partial charge in [-0.05, 0) is 72.2 Å². The number of carbonyl (C=O) groups is 2. The molecule has 1 aliphatic rings. The molecule has 2 N–H and O–H groups in total. The molecule has 5 nitrogen and oxygen atoms in total. The second-order valence-corrected chi connectivity index (χ2v) is 7.46. The lowest BCUT2D eigenvalue weighted by Gasteiger charge is -2.16. The summed E-state index contributed by atoms with van der Waals surface area (Å²) in [6.45, 7) is 2.63. The number of aryl methyl sites for hydroxylation is 1. The van der Waals surface area contributed by atoms with E-state index in [9.17, 15) is 9.59 Å². The molecule has 0 spiro atoms. The van der Waals surface area contributed by atoms with Crippen molar-refractivity contribution in [1.29, 1.82) is 0 Å². The monoisotopic (exact) mass is 415 g/mol. The summed E-state index contributed by atoms with van der Waals surface area (Å²) in [6, 6.07) is 22.5. The lowest BCUT2D eigenvalue weighted by molar-refractivity contribution is 0.0974. The fourth-order valence-electron chi connectivity index (χ4n) is 3.42. The summed E-state index contributed by atoms with van der Waals surface area (Å²) < 4.78 is 0. The quantitative estimate of drug-likeness (QED) is 0.615. The third kappa shape index (κ3) is 4.09. The van der Waals surface area contributed by atoms with Crippen LogP contribution in [0, 0.1) is 0 Å². The topological polar surface area (TPSA) is 61.4 Å². The number of thiocarbonyl (C=S) groups is 1. The van der Waals surface area contributed by atoms with Crippen LogP contribution in [-0.4, -0.2) is 16.9 Å². The minimum absolute atomic E-state index is 0.00295. The Balaban J connectivity index is 1.37. The summed E-state index contributed by atoms with van der Waals surface area (Å²) in [7, 11) is 0. The Hall–Kier alpha value is -3.51. The Labute approximate surface area is 180 Å². The molecule has 0 aliphatic carbocycles. The molecule has 0 saturated heterocycles. The number of anilines is 2. The molecule has 0 fully saturated rings. The number of hydrogen-bond donors (Lipinski definition) is 2. The molecule has 0 saturated carbocycles. The Bertz CT molecular complexity index is 1110. The maximum atomic E-state index is 12.6. The summed E-state index contributed by atoms with van der Waals surface area (Å²) in [5.41, 5.74) is 5.05. The normalized spacial score (nSPS) is 12.4. The van der Waals surface area contributed by atoms with Gasteiger partial charge in [0, 0.05) is 22.5 Å². The average Bonchev–Trinajstić information content (AvgIpc) is 3.11. The minimum Gasteiger partial charge on any atom is -0.332 e. The summed E-state index contributed by atoms with van der Waals surface area (Å²) in [5.74, 6) is -0.254. The van der Waals surface area contributed by atoms with Crippen LogP contribution in [0.1, 0.15) is 38.8 Å². The number of fused-ring (bicyclic) bond motifs is 1. The van der Waals surface area contributed by atoms with Crippen LogP contribution in [-0.2, 0) is 13.0 Å². The van der Waals surface area contributed by atoms with Gasteiger partial charge in [-0.1, -0.05) is 37.3 Å². The molecule has 3 aromatic rings. The predicted molar refractivity (Wildman–Crippen MR) is 123 cm³/mol. The van der Waals surface area contributed by atoms with Gasteiger partial charge in [-0.25, -0.2) is 0 Å². The van der Waals surface area contributed by atoms with E-state index in [2.05, 4.69) is 17.6 Å². The van der Waals surface area contributed by atoms with Crippen molar-refractivity contribution in [3.63, 3.8) is 0 Å². The van der Waals surface area contributed by atoms with E-state index in [1.54, 1.807) is 17.0 Å². The molecule has 0 unspecified atom stereocenters. The smallest absolute Gasteiger partial charge is 0.258 e. The first-order chi connectivity index (χ1) is 14.5. The zero-order valence-electron chi connectivity index (χ0n) is 16.5. The van der Waals surface area contributed by atoms with Crippen LogP contribution in [0.5, 0.6) is 0 Å². The molecular weight excluding hydrogens is 394 g/mol. The standard InChI is InChI=1S/C24H21N3O2S/c1-2-16-7-9-17(10-8-16)22(28)26-24(30)25-19-11-13-20(14-12-19)27-15-18-5-3-4-6-21(18)23(27)29/h3-14H,2,15H2,1H3,(H2,25,26,28,30). The van der Waals surface area contributed by atoms with Gasteiger partial charge in [0.15, 0.2) is 5.11 Å². The first-order valence-corrected chi connectivity index (χ1v) is 10.2. The highest BCUT2D eigenvalue weighted by molar-refractivity contribution is 7.80. The van der Waals surface area contributed by atoms with Gasteiger partial charge in [-0.3, -0.25) is 14.9 Å². The molecule has 3 aromatic carbocycles. The molecule has 0 atom stereocenters. The highest BCUT2D eigenvalue weighted by Gasteiger charge is 2.27. The largest absolute Gasteiger partial charge is 0.332 e. The second-order valence-electron chi connectivity index (χ2n) is 7.05. The lowest BCUT2D eigenvalue weighted by atomic mass is 10.1. The second kappa shape index (κ2) is 8.47. The lowest BCUT2D eigenvalue weighted by Crippen LogP contribution is -2.34. The van der Waals surface area contributed by atoms with Crippen LogP contribution in [0.3, 0.4) is 0 Å². The third-order valence-corrected chi connectivity index (χ3v) is 5.31. The van der Waals surface area contributed by atoms with Crippen LogP contribution in [0.15, 0.2) is 72.8 Å². The minimum atomic E-state index is -0.257. The fourth-order valence-corrected chi connectivity index (χ4v) is 3.63. The van der Waals surface area contributed by atoms with Crippen molar-refractivity contribution < 1.29 is 9.59 Å². The van der Waals surface area contributed by atoms with Crippen molar-refractivity contribution in [2.75, 3.05) is 10.2 Å². The van der Waals surface area contributed by atoms with Crippen molar-refractivity contribution in [3.8, 4) is 0 Å². The van der Waals surface area contributed by atoms with Gasteiger partial charge in [-0.15, -0.1) is 0 Å². The first kappa shape index (κ1) is 19.8. The molecule has 0 radical (unpaired) electrons. The average molecular weight is 416 g/mol. The first-order valence-electron chi connectivity index (χ1n) is 9.76. The number of hydrogen-bond acceptors (Lipinski definition) is 3. The van der Waals surface area contributed by atoms with Crippen molar-refractivity contribution in [3.05, 3.63) is 95.1 Å². The maximum absolute atomic E-state index is 12.6. The van der Waals surface area contributed by atoms with E-state index in [0.29, 0.717) is 12.1 Å². The molecule has 6 heteroatoms. The zero-order valence-corrected chi connectivity index (χ0v) is 17.3. The van der Waals surface area contributed by atoms with E-state index >= 15 is 0 Å². The van der Waals surface area contributed by atoms with Crippen LogP contribution in [0.25, 0.3) is 0 Å². The molecule has 30 heavy (non-hydrogen) atoms. The number of nitrogens with zero attached hydrogens (tertiary/aromatic N) is 1. The zero-order chi connectivity index (χ0) is 21.1. The number of rotatable bonds is 4. The number of carbonyl (C=O) groups excluding carboxylic acids is 2. The highest BCUT2D eigenvalue weighted by atomic mass is 32.1. The summed E-state index contributed by atoms with van der Waals surface area (Å²) >= 11 is 5.26. The van der Waals surface area contributed by atoms with E-state index in [4.69, 9.17) is 12.2 Å². The number of amides is 2. The van der Waals surface area contributed by atoms with Gasteiger partial charge in [-0.2, -0.15) is 0 Å². The van der Waals surface area contributed by atoms with Gasteiger partial charge >= 0.3 is 0 Å². The molecular formula is C24H21N3O2S. The van der Waals surface area contributed by atoms with E-state index in [1.807, 2.05) is 60.7 Å². The SMILES string of the molecule is CCc1ccc(C(=O)NC(=S)Nc2ccc(N3Cc4ccccc4C3=O)cc2)cc1. The van der Waals surface area contributed by atoms with Gasteiger partial charge in [0.05, 0.1) is 6.54 Å². The van der Waals surface area contributed by atoms with Crippen molar-refractivity contribution in [2.45, 2.75) is 19.9 Å². The van der Waals surface area contributed by atoms with Crippen LogP contribution in [0.4, 0.5) is 11.4 Å². The van der Waals surface area contributed by atoms with Crippen LogP contribution >= 0.6 is 12.2 Å². The Morgan fingerprint density at radius 3 is 2.37 bits per heavy atom. The highest BCUT2D eigenvalue weighted by Crippen LogP contribution is 2.28. The molecule has 4 rings (SSSR count). The van der Waals surface area contributed by atoms with Crippen molar-refractivity contribution in [1.82, 2.24) is 5.32 Å². The van der Waals surface area contributed by atoms with E-state index in [1.165, 1.54) is 5.56 Å². The van der Waals surface area contributed by atoms with Crippen molar-refractivity contribution >= 4 is 40.5 Å². The summed E-state index contributed by atoms with van der Waals surface area (Å²) in [6.07, 6.45) is 0.924. The fraction of sp³-hybridized carbons (Fsp3) is 0.125. The number of benzene rings is 3. The van der Waals surface area contributed by atoms with Crippen molar-refractivity contribution in [2.24, 2.45) is 0 Å². The van der Waals surface area contributed by atoms with Crippen LogP contribution < -0.4 is 15.5 Å². The summed E-state index contributed by atoms with van der Waals surface area (Å²) in [5, 5.41) is 5.91. The Morgan fingerprint density at radius 1 is 1.00 bits per heavy atom. The van der Waals surface area contributed by atoms with Gasteiger partial charge in [0.2, 0.25) is 0 Å². The predicted octanol–water partition coefficient (Wildman–Crippen LogP) is 4.54. The molecule has 1 aliphatic heterocycles. The van der Waals surface area contributed by atoms with E-state index in [-0.39, 0.29) is 16.9 Å². The molecule has 1 heterocycles. The van der Waals surface area contributed by atoms with E-state index < -0.39 is 0 Å². The number of nitrogens with one attached hydrogen (secondary N) is 2.